The average molecular weight is 266 g/mol. The molecule has 102 valence electrons. The second-order valence-corrected chi connectivity index (χ2v) is 6.67. The molecule has 0 aromatic carbocycles. The number of thiazole rings is 1. The first-order chi connectivity index (χ1) is 8.72. The Morgan fingerprint density at radius 1 is 1.22 bits per heavy atom. The van der Waals surface area contributed by atoms with Gasteiger partial charge in [-0.25, -0.2) is 4.98 Å². The van der Waals surface area contributed by atoms with E-state index >= 15 is 0 Å². The molecule has 0 saturated heterocycles. The van der Waals surface area contributed by atoms with Gasteiger partial charge in [-0.1, -0.05) is 39.5 Å². The summed E-state index contributed by atoms with van der Waals surface area (Å²) in [5, 5.41) is 7.05. The molecule has 1 unspecified atom stereocenters. The van der Waals surface area contributed by atoms with E-state index in [0.29, 0.717) is 12.0 Å². The number of nitrogens with zero attached hydrogens (tertiary/aromatic N) is 1. The van der Waals surface area contributed by atoms with Crippen LogP contribution in [-0.2, 0) is 0 Å². The van der Waals surface area contributed by atoms with Gasteiger partial charge in [0.2, 0.25) is 0 Å². The zero-order valence-electron chi connectivity index (χ0n) is 11.9. The number of rotatable bonds is 4. The summed E-state index contributed by atoms with van der Waals surface area (Å²) < 4.78 is 0. The van der Waals surface area contributed by atoms with Crippen LogP contribution in [0.2, 0.25) is 0 Å². The van der Waals surface area contributed by atoms with Gasteiger partial charge >= 0.3 is 0 Å². The van der Waals surface area contributed by atoms with Crippen molar-refractivity contribution in [1.29, 1.82) is 0 Å². The maximum Gasteiger partial charge on any atom is 0.110 e. The average Bonchev–Trinajstić information content (AvgIpc) is 2.68. The van der Waals surface area contributed by atoms with Crippen molar-refractivity contribution in [3.63, 3.8) is 0 Å². The lowest BCUT2D eigenvalue weighted by molar-refractivity contribution is 0.340. The Bertz CT molecular complexity index is 351. The highest BCUT2D eigenvalue weighted by molar-refractivity contribution is 7.09. The fraction of sp³-hybridized carbons (Fsp3) is 0.800. The molecule has 0 radical (unpaired) electrons. The molecule has 1 aromatic heterocycles. The number of hydrogen-bond acceptors (Lipinski definition) is 3. The molecule has 18 heavy (non-hydrogen) atoms. The Morgan fingerprint density at radius 3 is 2.39 bits per heavy atom. The smallest absolute Gasteiger partial charge is 0.110 e. The van der Waals surface area contributed by atoms with Crippen LogP contribution in [0, 0.1) is 5.92 Å². The Morgan fingerprint density at radius 2 is 1.89 bits per heavy atom. The van der Waals surface area contributed by atoms with Crippen LogP contribution in [0.1, 0.15) is 75.0 Å². The highest BCUT2D eigenvalue weighted by Gasteiger charge is 2.25. The van der Waals surface area contributed by atoms with E-state index in [4.69, 9.17) is 4.98 Å². The minimum atomic E-state index is 0.473. The van der Waals surface area contributed by atoms with Gasteiger partial charge in [-0.2, -0.15) is 0 Å². The molecular weight excluding hydrogens is 240 g/mol. The molecule has 1 fully saturated rings. The van der Waals surface area contributed by atoms with E-state index in [0.717, 1.165) is 5.92 Å². The number of aromatic nitrogens is 1. The monoisotopic (exact) mass is 266 g/mol. The van der Waals surface area contributed by atoms with Gasteiger partial charge in [0, 0.05) is 5.38 Å². The third kappa shape index (κ3) is 3.33. The van der Waals surface area contributed by atoms with Gasteiger partial charge in [-0.15, -0.1) is 11.3 Å². The maximum absolute atomic E-state index is 4.84. The normalized spacial score (nSPS) is 20.0. The van der Waals surface area contributed by atoms with Crippen LogP contribution in [0.3, 0.4) is 0 Å². The van der Waals surface area contributed by atoms with Gasteiger partial charge in [0.1, 0.15) is 5.01 Å². The van der Waals surface area contributed by atoms with Crippen LogP contribution in [0.15, 0.2) is 5.38 Å². The predicted octanol–water partition coefficient (Wildman–Crippen LogP) is 4.50. The van der Waals surface area contributed by atoms with Gasteiger partial charge in [-0.05, 0) is 31.7 Å². The van der Waals surface area contributed by atoms with Gasteiger partial charge in [-0.3, -0.25) is 0 Å². The van der Waals surface area contributed by atoms with Crippen molar-refractivity contribution in [3.8, 4) is 0 Å². The van der Waals surface area contributed by atoms with Crippen LogP contribution < -0.4 is 5.32 Å². The molecule has 0 spiro atoms. The molecule has 3 heteroatoms. The van der Waals surface area contributed by atoms with Crippen LogP contribution >= 0.6 is 11.3 Å². The number of nitrogens with one attached hydrogen (secondary N) is 1. The molecule has 1 aromatic rings. The molecule has 1 atom stereocenters. The number of hydrogen-bond donors (Lipinski definition) is 1. The largest absolute Gasteiger partial charge is 0.311 e. The highest BCUT2D eigenvalue weighted by Crippen LogP contribution is 2.35. The van der Waals surface area contributed by atoms with Crippen LogP contribution in [0.5, 0.6) is 0 Å². The standard InChI is InChI=1S/C15H26N2S/c1-11(2)13-10-18-15(17-13)14(16-3)12-8-6-4-5-7-9-12/h10-12,14,16H,4-9H2,1-3H3. The third-order valence-corrected chi connectivity index (χ3v) is 5.03. The molecule has 0 amide bonds. The van der Waals surface area contributed by atoms with Crippen LogP contribution in [0.4, 0.5) is 0 Å². The SMILES string of the molecule is CNC(c1nc(C(C)C)cs1)C1CCCCCC1. The molecule has 1 aliphatic carbocycles. The van der Waals surface area contributed by atoms with Crippen molar-refractivity contribution in [2.24, 2.45) is 5.92 Å². The highest BCUT2D eigenvalue weighted by atomic mass is 32.1. The minimum Gasteiger partial charge on any atom is -0.311 e. The second kappa shape index (κ2) is 6.67. The summed E-state index contributed by atoms with van der Waals surface area (Å²) in [5.41, 5.74) is 1.25. The van der Waals surface area contributed by atoms with E-state index < -0.39 is 0 Å². The van der Waals surface area contributed by atoms with E-state index in [1.807, 2.05) is 11.3 Å². The topological polar surface area (TPSA) is 24.9 Å². The quantitative estimate of drug-likeness (QED) is 0.812. The van der Waals surface area contributed by atoms with Crippen molar-refractivity contribution < 1.29 is 0 Å². The Balaban J connectivity index is 2.10. The zero-order valence-corrected chi connectivity index (χ0v) is 12.7. The van der Waals surface area contributed by atoms with E-state index in [-0.39, 0.29) is 0 Å². The summed E-state index contributed by atoms with van der Waals surface area (Å²) in [5.74, 6) is 1.32. The molecule has 2 rings (SSSR count). The summed E-state index contributed by atoms with van der Waals surface area (Å²) in [4.78, 5) is 4.84. The molecular formula is C15H26N2S. The molecule has 1 N–H and O–H groups in total. The van der Waals surface area contributed by atoms with E-state index in [2.05, 4.69) is 31.6 Å². The Hall–Kier alpha value is -0.410. The van der Waals surface area contributed by atoms with Gasteiger partial charge in [0.25, 0.3) is 0 Å². The van der Waals surface area contributed by atoms with Crippen molar-refractivity contribution in [3.05, 3.63) is 16.1 Å². The lowest BCUT2D eigenvalue weighted by Crippen LogP contribution is -2.25. The maximum atomic E-state index is 4.84. The second-order valence-electron chi connectivity index (χ2n) is 5.78. The summed E-state index contributed by atoms with van der Waals surface area (Å²) in [7, 11) is 2.09. The van der Waals surface area contributed by atoms with Crippen molar-refractivity contribution in [2.75, 3.05) is 7.05 Å². The van der Waals surface area contributed by atoms with E-state index in [9.17, 15) is 0 Å². The first-order valence-corrected chi connectivity index (χ1v) is 8.23. The molecule has 0 bridgehead atoms. The molecule has 0 aliphatic heterocycles. The third-order valence-electron chi connectivity index (χ3n) is 4.08. The molecule has 1 aliphatic rings. The zero-order chi connectivity index (χ0) is 13.0. The lowest BCUT2D eigenvalue weighted by atomic mass is 9.92. The summed E-state index contributed by atoms with van der Waals surface area (Å²) >= 11 is 1.84. The predicted molar refractivity (Wildman–Crippen MR) is 79.2 cm³/mol. The van der Waals surface area contributed by atoms with Crippen molar-refractivity contribution in [2.45, 2.75) is 64.3 Å². The van der Waals surface area contributed by atoms with E-state index in [1.165, 1.54) is 49.2 Å². The minimum absolute atomic E-state index is 0.473. The summed E-state index contributed by atoms with van der Waals surface area (Å²) in [6.07, 6.45) is 8.35. The first kappa shape index (κ1) is 14.0. The van der Waals surface area contributed by atoms with Gasteiger partial charge < -0.3 is 5.32 Å². The van der Waals surface area contributed by atoms with Crippen molar-refractivity contribution in [1.82, 2.24) is 10.3 Å². The fourth-order valence-electron chi connectivity index (χ4n) is 2.91. The van der Waals surface area contributed by atoms with Crippen molar-refractivity contribution >= 4 is 11.3 Å². The molecule has 1 heterocycles. The van der Waals surface area contributed by atoms with Gasteiger partial charge in [0.05, 0.1) is 11.7 Å². The summed E-state index contributed by atoms with van der Waals surface area (Å²) in [6.45, 7) is 4.44. The van der Waals surface area contributed by atoms with Gasteiger partial charge in [0.15, 0.2) is 0 Å². The lowest BCUT2D eigenvalue weighted by Gasteiger charge is -2.23. The Labute approximate surface area is 115 Å². The molecule has 1 saturated carbocycles. The Kier molecular flexibility index (Phi) is 5.19. The van der Waals surface area contributed by atoms with Crippen LogP contribution in [0.25, 0.3) is 0 Å². The summed E-state index contributed by atoms with van der Waals surface area (Å²) in [6, 6.07) is 0.473. The van der Waals surface area contributed by atoms with Crippen LogP contribution in [-0.4, -0.2) is 12.0 Å². The first-order valence-electron chi connectivity index (χ1n) is 7.35. The van der Waals surface area contributed by atoms with E-state index in [1.54, 1.807) is 0 Å². The molecule has 2 nitrogen and oxygen atoms in total. The fourth-order valence-corrected chi connectivity index (χ4v) is 4.10.